The molecule has 0 saturated heterocycles. The predicted molar refractivity (Wildman–Crippen MR) is 420 cm³/mol. The lowest BCUT2D eigenvalue weighted by Crippen LogP contribution is -2.18. The Morgan fingerprint density at radius 2 is 0.520 bits per heavy atom. The highest BCUT2D eigenvalue weighted by atomic mass is 32.1. The highest BCUT2D eigenvalue weighted by Crippen LogP contribution is 2.56. The van der Waals surface area contributed by atoms with Gasteiger partial charge in [0, 0.05) is 104 Å². The summed E-state index contributed by atoms with van der Waals surface area (Å²) < 4.78 is 13.0. The van der Waals surface area contributed by atoms with E-state index < -0.39 is 0 Å². The molecule has 476 valence electrons. The SMILES string of the molecule is CC1(C)c2cc(N(c3ccccc3)c3ccc(-c4cccc5c4oc4ccccc45)cc3)ccc2-c2ccc(N(c3ccc(-c4ccc(-c5ccccc5)s4)cc3)c3ccc4c(c3)C(C)(C)c3cc(N(c5ccccc5)c5ccc(-c6cccc7c6oc6ccccc67)cc5)ccc3-4)cc21. The van der Waals surface area contributed by atoms with E-state index in [0.29, 0.717) is 0 Å². The van der Waals surface area contributed by atoms with Gasteiger partial charge in [-0.25, -0.2) is 0 Å². The van der Waals surface area contributed by atoms with Gasteiger partial charge in [-0.2, -0.15) is 0 Å². The lowest BCUT2D eigenvalue weighted by molar-refractivity contribution is 0.660. The fourth-order valence-corrected chi connectivity index (χ4v) is 17.1. The molecule has 3 heterocycles. The van der Waals surface area contributed by atoms with Gasteiger partial charge in [0.15, 0.2) is 0 Å². The summed E-state index contributed by atoms with van der Waals surface area (Å²) in [6.07, 6.45) is 0. The Bertz CT molecular complexity index is 5710. The number of nitrogens with zero attached hydrogens (tertiary/aromatic N) is 3. The molecule has 0 unspecified atom stereocenters. The maximum Gasteiger partial charge on any atom is 0.143 e. The number of benzene rings is 14. The van der Waals surface area contributed by atoms with Crippen LogP contribution in [0.15, 0.2) is 342 Å². The van der Waals surface area contributed by atoms with Gasteiger partial charge in [-0.3, -0.25) is 0 Å². The zero-order valence-corrected chi connectivity index (χ0v) is 56.6. The second-order valence-electron chi connectivity index (χ2n) is 27.6. The van der Waals surface area contributed by atoms with Crippen LogP contribution < -0.4 is 14.7 Å². The van der Waals surface area contributed by atoms with E-state index in [1.807, 2.05) is 35.6 Å². The second-order valence-corrected chi connectivity index (χ2v) is 28.7. The molecule has 0 atom stereocenters. The van der Waals surface area contributed by atoms with Crippen molar-refractivity contribution in [1.82, 2.24) is 0 Å². The summed E-state index contributed by atoms with van der Waals surface area (Å²) in [6.45, 7) is 9.60. The number of hydrogen-bond donors (Lipinski definition) is 0. The molecular weight excluding hydrogens is 1240 g/mol. The topological polar surface area (TPSA) is 36.0 Å². The fraction of sp³-hybridized carbons (Fsp3) is 0.0638. The Morgan fingerprint density at radius 3 is 0.900 bits per heavy atom. The molecule has 6 heteroatoms. The average molecular weight is 1300 g/mol. The third kappa shape index (κ3) is 9.65. The van der Waals surface area contributed by atoms with Crippen LogP contribution in [-0.4, -0.2) is 0 Å². The molecule has 0 aliphatic heterocycles. The van der Waals surface area contributed by atoms with Gasteiger partial charge in [0.2, 0.25) is 0 Å². The quantitative estimate of drug-likeness (QED) is 0.115. The minimum atomic E-state index is -0.349. The normalized spacial score (nSPS) is 13.2. The predicted octanol–water partition coefficient (Wildman–Crippen LogP) is 27.2. The first-order valence-electron chi connectivity index (χ1n) is 34.4. The average Bonchev–Trinajstić information content (AvgIpc) is 1.57. The summed E-state index contributed by atoms with van der Waals surface area (Å²) in [7, 11) is 0. The van der Waals surface area contributed by atoms with Crippen LogP contribution in [0.1, 0.15) is 49.9 Å². The van der Waals surface area contributed by atoms with E-state index in [0.717, 1.165) is 117 Å². The van der Waals surface area contributed by atoms with Gasteiger partial charge in [-0.15, -0.1) is 11.3 Å². The van der Waals surface area contributed by atoms with Gasteiger partial charge < -0.3 is 23.5 Å². The standard InChI is InChI=1S/C94H67N3O2S/c1-93(2)83-56-69(95(64-22-10-6-11-23-64)66-40-34-60(35-41-66)73-28-18-30-81-79-26-14-16-32-87(79)98-91(73)81)46-50-75(83)77-52-48-71(58-85(77)93)97(68-44-38-63(39-45-68)90-55-54-89(100-90)62-20-8-5-9-21-62)72-49-53-78-76-51-47-70(57-84(76)94(3,4)86(78)59-72)96(65-24-12-7-13-25-65)67-42-36-61(37-43-67)74-29-19-31-82-80-27-15-17-33-88(80)99-92(74)82/h5-59H,1-4H3. The van der Waals surface area contributed by atoms with Gasteiger partial charge >= 0.3 is 0 Å². The molecule has 3 aromatic heterocycles. The second kappa shape index (κ2) is 23.2. The Labute approximate surface area is 586 Å². The van der Waals surface area contributed by atoms with Crippen LogP contribution >= 0.6 is 11.3 Å². The van der Waals surface area contributed by atoms with Gasteiger partial charge in [0.25, 0.3) is 0 Å². The molecule has 0 bridgehead atoms. The van der Waals surface area contributed by atoms with Crippen molar-refractivity contribution >= 4 is 106 Å². The summed E-state index contributed by atoms with van der Waals surface area (Å²) in [5, 5.41) is 4.51. The first-order valence-corrected chi connectivity index (χ1v) is 35.3. The van der Waals surface area contributed by atoms with E-state index in [1.54, 1.807) is 0 Å². The highest BCUT2D eigenvalue weighted by Gasteiger charge is 2.39. The van der Waals surface area contributed by atoms with E-state index in [9.17, 15) is 0 Å². The van der Waals surface area contributed by atoms with Gasteiger partial charge in [0.05, 0.1) is 0 Å². The van der Waals surface area contributed by atoms with Crippen molar-refractivity contribution in [1.29, 1.82) is 0 Å². The molecule has 0 radical (unpaired) electrons. The van der Waals surface area contributed by atoms with Crippen LogP contribution in [0, 0.1) is 0 Å². The van der Waals surface area contributed by atoms with Crippen LogP contribution in [0.4, 0.5) is 51.2 Å². The van der Waals surface area contributed by atoms with E-state index in [2.05, 4.69) is 352 Å². The van der Waals surface area contributed by atoms with Gasteiger partial charge in [0.1, 0.15) is 22.3 Å². The molecular formula is C94H67N3O2S. The number of para-hydroxylation sites is 6. The smallest absolute Gasteiger partial charge is 0.143 e. The van der Waals surface area contributed by atoms with Crippen molar-refractivity contribution in [3.05, 3.63) is 356 Å². The lowest BCUT2D eigenvalue weighted by Gasteiger charge is -2.30. The van der Waals surface area contributed by atoms with Crippen molar-refractivity contribution in [3.8, 4) is 65.4 Å². The van der Waals surface area contributed by atoms with E-state index >= 15 is 0 Å². The summed E-state index contributed by atoms with van der Waals surface area (Å²) in [4.78, 5) is 9.75. The molecule has 0 fully saturated rings. The van der Waals surface area contributed by atoms with E-state index in [1.165, 1.54) is 65.4 Å². The first kappa shape index (κ1) is 59.1. The maximum absolute atomic E-state index is 6.51. The van der Waals surface area contributed by atoms with Crippen molar-refractivity contribution < 1.29 is 8.83 Å². The van der Waals surface area contributed by atoms with Crippen molar-refractivity contribution in [3.63, 3.8) is 0 Å². The molecule has 0 spiro atoms. The van der Waals surface area contributed by atoms with E-state index in [-0.39, 0.29) is 10.8 Å². The Balaban J connectivity index is 0.676. The first-order chi connectivity index (χ1) is 49.1. The molecule has 0 saturated carbocycles. The summed E-state index contributed by atoms with van der Waals surface area (Å²) >= 11 is 1.84. The van der Waals surface area contributed by atoms with Gasteiger partial charge in [-0.05, 0) is 200 Å². The zero-order valence-electron chi connectivity index (χ0n) is 55.8. The number of thiophene rings is 1. The number of anilines is 9. The minimum Gasteiger partial charge on any atom is -0.455 e. The Morgan fingerprint density at radius 1 is 0.230 bits per heavy atom. The third-order valence-electron chi connectivity index (χ3n) is 21.1. The summed E-state index contributed by atoms with van der Waals surface area (Å²) in [6, 6.07) is 122. The minimum absolute atomic E-state index is 0.349. The fourth-order valence-electron chi connectivity index (χ4n) is 16.0. The number of hydrogen-bond acceptors (Lipinski definition) is 6. The molecule has 0 amide bonds. The monoisotopic (exact) mass is 1300 g/mol. The molecule has 2 aliphatic rings. The molecule has 17 aromatic rings. The molecule has 19 rings (SSSR count). The van der Waals surface area contributed by atoms with Crippen LogP contribution in [0.5, 0.6) is 0 Å². The van der Waals surface area contributed by atoms with Crippen molar-refractivity contribution in [2.24, 2.45) is 0 Å². The van der Waals surface area contributed by atoms with Crippen molar-refractivity contribution in [2.45, 2.75) is 38.5 Å². The van der Waals surface area contributed by atoms with E-state index in [4.69, 9.17) is 8.83 Å². The van der Waals surface area contributed by atoms with Gasteiger partial charge in [-0.1, -0.05) is 228 Å². The Kier molecular flexibility index (Phi) is 13.7. The van der Waals surface area contributed by atoms with Crippen LogP contribution in [-0.2, 0) is 10.8 Å². The highest BCUT2D eigenvalue weighted by molar-refractivity contribution is 7.18. The zero-order chi connectivity index (χ0) is 66.8. The summed E-state index contributed by atoms with van der Waals surface area (Å²) in [5.74, 6) is 0. The summed E-state index contributed by atoms with van der Waals surface area (Å²) in [5.41, 5.74) is 29.8. The van der Waals surface area contributed by atoms with Crippen molar-refractivity contribution in [2.75, 3.05) is 14.7 Å². The molecule has 5 nitrogen and oxygen atoms in total. The number of fused-ring (bicyclic) bond motifs is 12. The largest absolute Gasteiger partial charge is 0.455 e. The molecule has 2 aliphatic carbocycles. The maximum atomic E-state index is 6.51. The number of rotatable bonds is 13. The Hall–Kier alpha value is -12.2. The lowest BCUT2D eigenvalue weighted by atomic mass is 9.81. The third-order valence-corrected chi connectivity index (χ3v) is 22.3. The molecule has 0 N–H and O–H groups in total. The van der Waals surface area contributed by atoms with Crippen LogP contribution in [0.25, 0.3) is 109 Å². The molecule has 100 heavy (non-hydrogen) atoms. The molecule has 14 aromatic carbocycles. The van der Waals surface area contributed by atoms with Crippen LogP contribution in [0.2, 0.25) is 0 Å². The van der Waals surface area contributed by atoms with Crippen LogP contribution in [0.3, 0.4) is 0 Å². The number of furan rings is 2.